The summed E-state index contributed by atoms with van der Waals surface area (Å²) in [6, 6.07) is 7.30. The number of alkyl halides is 3. The van der Waals surface area contributed by atoms with E-state index in [0.717, 1.165) is 24.9 Å². The first-order valence-corrected chi connectivity index (χ1v) is 11.4. The Morgan fingerprint density at radius 1 is 1.09 bits per heavy atom. The van der Waals surface area contributed by atoms with Crippen LogP contribution in [0.5, 0.6) is 5.88 Å². The third-order valence-electron chi connectivity index (χ3n) is 6.40. The molecule has 6 nitrogen and oxygen atoms in total. The summed E-state index contributed by atoms with van der Waals surface area (Å²) in [5, 5.41) is -0.238. The van der Waals surface area contributed by atoms with Gasteiger partial charge in [-0.3, -0.25) is 4.79 Å². The first-order valence-electron chi connectivity index (χ1n) is 11.0. The van der Waals surface area contributed by atoms with Crippen molar-refractivity contribution < 1.29 is 27.1 Å². The molecule has 1 saturated carbocycles. The number of rotatable bonds is 4. The minimum Gasteiger partial charge on any atom is -0.471 e. The standard InChI is InChI=1S/C24H19ClF4N4O2/c25-18-8-14(24(27,28)29)9-32-22(18)35-20-7-13-5-6-19(20)33(12-13)23(34)17-4-2-1-3-16(17)21-30-10-15(26)11-31-21/h1-4,8-11,13,19-20H,5-7,12H2/t13-,19+,20-/m1/s1. The predicted molar refractivity (Wildman–Crippen MR) is 118 cm³/mol. The minimum absolute atomic E-state index is 0.0928. The molecule has 182 valence electrons. The second-order valence-corrected chi connectivity index (χ2v) is 9.05. The number of fused-ring (bicyclic) bond motifs is 3. The van der Waals surface area contributed by atoms with Crippen molar-refractivity contribution in [3.8, 4) is 17.3 Å². The molecule has 0 spiro atoms. The van der Waals surface area contributed by atoms with Crippen LogP contribution < -0.4 is 4.74 Å². The molecule has 3 aliphatic rings. The number of aromatic nitrogens is 3. The first-order chi connectivity index (χ1) is 16.7. The van der Waals surface area contributed by atoms with E-state index in [-0.39, 0.29) is 34.6 Å². The number of ether oxygens (including phenoxy) is 1. The Labute approximate surface area is 202 Å². The van der Waals surface area contributed by atoms with Gasteiger partial charge in [0.05, 0.1) is 29.6 Å². The second-order valence-electron chi connectivity index (χ2n) is 8.64. The van der Waals surface area contributed by atoms with Gasteiger partial charge in [0.1, 0.15) is 11.1 Å². The lowest BCUT2D eigenvalue weighted by atomic mass is 9.77. The van der Waals surface area contributed by atoms with Gasteiger partial charge in [-0.15, -0.1) is 0 Å². The Morgan fingerprint density at radius 3 is 2.51 bits per heavy atom. The molecule has 6 rings (SSSR count). The third-order valence-corrected chi connectivity index (χ3v) is 6.67. The molecule has 2 bridgehead atoms. The van der Waals surface area contributed by atoms with Gasteiger partial charge in [0.25, 0.3) is 5.91 Å². The highest BCUT2D eigenvalue weighted by molar-refractivity contribution is 6.31. The van der Waals surface area contributed by atoms with E-state index >= 15 is 0 Å². The van der Waals surface area contributed by atoms with Crippen LogP contribution in [0.25, 0.3) is 11.4 Å². The summed E-state index contributed by atoms with van der Waals surface area (Å²) >= 11 is 6.04. The number of benzene rings is 1. The molecule has 1 aliphatic carbocycles. The van der Waals surface area contributed by atoms with Crippen LogP contribution in [-0.2, 0) is 6.18 Å². The van der Waals surface area contributed by atoms with Gasteiger partial charge in [0.15, 0.2) is 11.6 Å². The summed E-state index contributed by atoms with van der Waals surface area (Å²) in [5.41, 5.74) is -0.114. The lowest BCUT2D eigenvalue weighted by Gasteiger charge is -2.49. The van der Waals surface area contributed by atoms with Crippen LogP contribution in [0.15, 0.2) is 48.9 Å². The number of pyridine rings is 1. The molecule has 3 aromatic rings. The van der Waals surface area contributed by atoms with Crippen LogP contribution in [0.1, 0.15) is 35.2 Å². The molecule has 1 aromatic carbocycles. The lowest BCUT2D eigenvalue weighted by molar-refractivity contribution is -0.137. The third kappa shape index (κ3) is 4.67. The van der Waals surface area contributed by atoms with E-state index in [1.54, 1.807) is 29.2 Å². The Hall–Kier alpha value is -3.27. The molecule has 3 fully saturated rings. The van der Waals surface area contributed by atoms with Gasteiger partial charge in [-0.05, 0) is 37.3 Å². The molecular formula is C24H19ClF4N4O2. The van der Waals surface area contributed by atoms with Gasteiger partial charge in [0, 0.05) is 18.3 Å². The van der Waals surface area contributed by atoms with Crippen molar-refractivity contribution in [1.29, 1.82) is 0 Å². The molecule has 35 heavy (non-hydrogen) atoms. The highest BCUT2D eigenvalue weighted by Crippen LogP contribution is 2.40. The number of carbonyl (C=O) groups is 1. The largest absolute Gasteiger partial charge is 0.471 e. The Kier molecular flexibility index (Phi) is 6.08. The number of nitrogens with zero attached hydrogens (tertiary/aromatic N) is 4. The molecule has 2 aliphatic heterocycles. The fourth-order valence-corrected chi connectivity index (χ4v) is 4.98. The van der Waals surface area contributed by atoms with Crippen LogP contribution in [0.4, 0.5) is 17.6 Å². The maximum Gasteiger partial charge on any atom is 0.417 e. The van der Waals surface area contributed by atoms with Gasteiger partial charge >= 0.3 is 6.18 Å². The van der Waals surface area contributed by atoms with Crippen LogP contribution in [0.3, 0.4) is 0 Å². The summed E-state index contributed by atoms with van der Waals surface area (Å²) in [7, 11) is 0. The van der Waals surface area contributed by atoms with E-state index in [1.807, 2.05) is 0 Å². The van der Waals surface area contributed by atoms with Crippen LogP contribution >= 0.6 is 11.6 Å². The summed E-state index contributed by atoms with van der Waals surface area (Å²) in [6.07, 6.45) is -0.0550. The fourth-order valence-electron chi connectivity index (χ4n) is 4.77. The van der Waals surface area contributed by atoms with Crippen molar-refractivity contribution in [2.45, 2.75) is 37.6 Å². The average Bonchev–Trinajstić information content (AvgIpc) is 2.85. The van der Waals surface area contributed by atoms with Crippen LogP contribution in [-0.4, -0.2) is 44.4 Å². The van der Waals surface area contributed by atoms with Gasteiger partial charge in [-0.2, -0.15) is 13.2 Å². The SMILES string of the molecule is O=C(c1ccccc1-c1ncc(F)cn1)N1C[C@@H]2CC[C@H]1[C@H](Oc1ncc(C(F)(F)F)cc1Cl)C2. The van der Waals surface area contributed by atoms with Crippen molar-refractivity contribution in [3.63, 3.8) is 0 Å². The maximum absolute atomic E-state index is 13.6. The number of piperidine rings is 2. The number of amides is 1. The molecule has 11 heteroatoms. The average molecular weight is 507 g/mol. The zero-order valence-corrected chi connectivity index (χ0v) is 18.9. The number of carbonyl (C=O) groups excluding carboxylic acids is 1. The van der Waals surface area contributed by atoms with Crippen molar-refractivity contribution >= 4 is 17.5 Å². The van der Waals surface area contributed by atoms with Gasteiger partial charge in [-0.25, -0.2) is 19.3 Å². The van der Waals surface area contributed by atoms with Gasteiger partial charge < -0.3 is 9.64 Å². The second kappa shape index (κ2) is 9.07. The van der Waals surface area contributed by atoms with E-state index in [1.165, 1.54) is 0 Å². The fraction of sp³-hybridized carbons (Fsp3) is 0.333. The Morgan fingerprint density at radius 2 is 1.83 bits per heavy atom. The predicted octanol–water partition coefficient (Wildman–Crippen LogP) is 5.42. The van der Waals surface area contributed by atoms with E-state index in [0.29, 0.717) is 36.7 Å². The van der Waals surface area contributed by atoms with Crippen molar-refractivity contribution in [2.75, 3.05) is 6.54 Å². The monoisotopic (exact) mass is 506 g/mol. The van der Waals surface area contributed by atoms with Crippen molar-refractivity contribution in [1.82, 2.24) is 19.9 Å². The summed E-state index contributed by atoms with van der Waals surface area (Å²) in [6.45, 7) is 0.524. The number of hydrogen-bond donors (Lipinski definition) is 0. The van der Waals surface area contributed by atoms with Gasteiger partial charge in [0.2, 0.25) is 5.88 Å². The van der Waals surface area contributed by atoms with E-state index in [2.05, 4.69) is 15.0 Å². The Balaban J connectivity index is 1.40. The van der Waals surface area contributed by atoms with Crippen molar-refractivity contribution in [2.24, 2.45) is 5.92 Å². The molecule has 4 heterocycles. The summed E-state index contributed by atoms with van der Waals surface area (Å²) in [5.74, 6) is -0.531. The molecule has 3 atom stereocenters. The lowest BCUT2D eigenvalue weighted by Crippen LogP contribution is -2.59. The summed E-state index contributed by atoms with van der Waals surface area (Å²) in [4.78, 5) is 27.2. The molecule has 1 amide bonds. The molecular weight excluding hydrogens is 488 g/mol. The maximum atomic E-state index is 13.6. The zero-order valence-electron chi connectivity index (χ0n) is 18.2. The Bertz CT molecular complexity index is 1260. The highest BCUT2D eigenvalue weighted by atomic mass is 35.5. The first kappa shape index (κ1) is 23.5. The van der Waals surface area contributed by atoms with Crippen LogP contribution in [0, 0.1) is 11.7 Å². The molecule has 0 unspecified atom stereocenters. The zero-order chi connectivity index (χ0) is 24.7. The van der Waals surface area contributed by atoms with E-state index in [4.69, 9.17) is 16.3 Å². The van der Waals surface area contributed by atoms with Crippen LogP contribution in [0.2, 0.25) is 5.02 Å². The topological polar surface area (TPSA) is 68.2 Å². The molecule has 0 radical (unpaired) electrons. The molecule has 2 aromatic heterocycles. The van der Waals surface area contributed by atoms with E-state index in [9.17, 15) is 22.4 Å². The molecule has 0 N–H and O–H groups in total. The smallest absolute Gasteiger partial charge is 0.417 e. The summed E-state index contributed by atoms with van der Waals surface area (Å²) < 4.78 is 58.1. The van der Waals surface area contributed by atoms with E-state index < -0.39 is 23.7 Å². The minimum atomic E-state index is -4.57. The molecule has 2 saturated heterocycles. The normalized spacial score (nSPS) is 21.7. The number of hydrogen-bond acceptors (Lipinski definition) is 5. The van der Waals surface area contributed by atoms with Crippen molar-refractivity contribution in [3.05, 3.63) is 70.9 Å². The highest BCUT2D eigenvalue weighted by Gasteiger charge is 2.45. The number of halogens is 5. The van der Waals surface area contributed by atoms with Gasteiger partial charge in [-0.1, -0.05) is 29.8 Å². The quantitative estimate of drug-likeness (QED) is 0.442.